The van der Waals surface area contributed by atoms with Gasteiger partial charge in [0.05, 0.1) is 5.41 Å². The topological polar surface area (TPSA) is 41.1 Å². The number of hydrogen-bond donors (Lipinski definition) is 2. The standard InChI is InChI=1S/C11H20N2O/c1-2-13-10(14)11-6-4-3-5-9(11)7-12-8-11/h9,12H,2-8H2,1H3,(H,13,14)/t9-,11+/m0/s1. The first-order valence-corrected chi connectivity index (χ1v) is 5.78. The van der Waals surface area contributed by atoms with Gasteiger partial charge in [-0.2, -0.15) is 0 Å². The lowest BCUT2D eigenvalue weighted by Gasteiger charge is -2.36. The number of hydrogen-bond acceptors (Lipinski definition) is 2. The quantitative estimate of drug-likeness (QED) is 0.689. The number of carbonyl (C=O) groups is 1. The molecule has 2 aliphatic rings. The molecule has 1 amide bonds. The molecule has 0 unspecified atom stereocenters. The van der Waals surface area contributed by atoms with Crippen LogP contribution in [0.3, 0.4) is 0 Å². The van der Waals surface area contributed by atoms with E-state index in [0.29, 0.717) is 5.92 Å². The zero-order valence-corrected chi connectivity index (χ0v) is 8.94. The second-order valence-electron chi connectivity index (χ2n) is 4.59. The lowest BCUT2D eigenvalue weighted by Crippen LogP contribution is -2.47. The van der Waals surface area contributed by atoms with Crippen LogP contribution in [0.5, 0.6) is 0 Å². The summed E-state index contributed by atoms with van der Waals surface area (Å²) >= 11 is 0. The number of rotatable bonds is 2. The average molecular weight is 196 g/mol. The molecule has 0 bridgehead atoms. The van der Waals surface area contributed by atoms with Crippen molar-refractivity contribution in [2.45, 2.75) is 32.6 Å². The second kappa shape index (κ2) is 3.89. The maximum atomic E-state index is 12.1. The number of carbonyl (C=O) groups excluding carboxylic acids is 1. The molecule has 2 rings (SSSR count). The van der Waals surface area contributed by atoms with Gasteiger partial charge < -0.3 is 10.6 Å². The molecule has 2 N–H and O–H groups in total. The zero-order valence-electron chi connectivity index (χ0n) is 8.94. The van der Waals surface area contributed by atoms with Gasteiger partial charge in [-0.15, -0.1) is 0 Å². The Balaban J connectivity index is 2.13. The highest BCUT2D eigenvalue weighted by molar-refractivity contribution is 5.83. The fraction of sp³-hybridized carbons (Fsp3) is 0.909. The van der Waals surface area contributed by atoms with Crippen LogP contribution in [0.15, 0.2) is 0 Å². The van der Waals surface area contributed by atoms with Gasteiger partial charge in [-0.1, -0.05) is 12.8 Å². The molecular formula is C11H20N2O. The monoisotopic (exact) mass is 196 g/mol. The van der Waals surface area contributed by atoms with Gasteiger partial charge in [0.15, 0.2) is 0 Å². The van der Waals surface area contributed by atoms with Crippen molar-refractivity contribution < 1.29 is 4.79 Å². The fourth-order valence-corrected chi connectivity index (χ4v) is 3.03. The van der Waals surface area contributed by atoms with E-state index in [-0.39, 0.29) is 11.3 Å². The van der Waals surface area contributed by atoms with Crippen molar-refractivity contribution in [3.63, 3.8) is 0 Å². The molecule has 0 spiro atoms. The Labute approximate surface area is 85.6 Å². The number of amides is 1. The lowest BCUT2D eigenvalue weighted by atomic mass is 9.67. The largest absolute Gasteiger partial charge is 0.356 e. The van der Waals surface area contributed by atoms with E-state index in [4.69, 9.17) is 0 Å². The molecule has 1 aliphatic carbocycles. The van der Waals surface area contributed by atoms with E-state index in [1.54, 1.807) is 0 Å². The molecule has 0 aromatic rings. The van der Waals surface area contributed by atoms with Crippen LogP contribution in [0, 0.1) is 11.3 Å². The molecule has 1 heterocycles. The molecule has 80 valence electrons. The van der Waals surface area contributed by atoms with E-state index in [9.17, 15) is 4.79 Å². The molecule has 1 saturated carbocycles. The summed E-state index contributed by atoms with van der Waals surface area (Å²) in [5, 5.41) is 6.38. The minimum atomic E-state index is -0.0612. The van der Waals surface area contributed by atoms with Crippen molar-refractivity contribution in [2.24, 2.45) is 11.3 Å². The highest BCUT2D eigenvalue weighted by atomic mass is 16.2. The third-order valence-corrected chi connectivity index (χ3v) is 3.83. The van der Waals surface area contributed by atoms with Crippen LogP contribution < -0.4 is 10.6 Å². The molecule has 0 aromatic carbocycles. The molecule has 3 nitrogen and oxygen atoms in total. The first-order valence-electron chi connectivity index (χ1n) is 5.78. The Morgan fingerprint density at radius 3 is 3.21 bits per heavy atom. The third kappa shape index (κ3) is 1.44. The van der Waals surface area contributed by atoms with E-state index in [1.165, 1.54) is 19.3 Å². The third-order valence-electron chi connectivity index (χ3n) is 3.83. The van der Waals surface area contributed by atoms with Crippen molar-refractivity contribution in [1.82, 2.24) is 10.6 Å². The second-order valence-corrected chi connectivity index (χ2v) is 4.59. The van der Waals surface area contributed by atoms with Gasteiger partial charge in [0.2, 0.25) is 5.91 Å². The lowest BCUT2D eigenvalue weighted by molar-refractivity contribution is -0.133. The van der Waals surface area contributed by atoms with E-state index < -0.39 is 0 Å². The molecule has 1 aliphatic heterocycles. The fourth-order valence-electron chi connectivity index (χ4n) is 3.03. The van der Waals surface area contributed by atoms with Gasteiger partial charge in [-0.25, -0.2) is 0 Å². The smallest absolute Gasteiger partial charge is 0.227 e. The summed E-state index contributed by atoms with van der Waals surface area (Å²) in [5.74, 6) is 0.873. The maximum absolute atomic E-state index is 12.1. The first kappa shape index (κ1) is 9.97. The van der Waals surface area contributed by atoms with Crippen molar-refractivity contribution in [3.8, 4) is 0 Å². The van der Waals surface area contributed by atoms with Gasteiger partial charge in [0, 0.05) is 13.1 Å². The molecule has 0 aromatic heterocycles. The molecule has 1 saturated heterocycles. The molecule has 2 atom stereocenters. The molecule has 2 fully saturated rings. The van der Waals surface area contributed by atoms with Crippen LogP contribution >= 0.6 is 0 Å². The first-order chi connectivity index (χ1) is 6.79. The minimum absolute atomic E-state index is 0.0612. The van der Waals surface area contributed by atoms with Crippen LogP contribution in [0.4, 0.5) is 0 Å². The van der Waals surface area contributed by atoms with Crippen LogP contribution in [-0.2, 0) is 4.79 Å². The highest BCUT2D eigenvalue weighted by Crippen LogP contribution is 2.43. The molecular weight excluding hydrogens is 176 g/mol. The molecule has 14 heavy (non-hydrogen) atoms. The Morgan fingerprint density at radius 2 is 2.43 bits per heavy atom. The van der Waals surface area contributed by atoms with E-state index in [0.717, 1.165) is 26.1 Å². The summed E-state index contributed by atoms with van der Waals surface area (Å²) in [5.41, 5.74) is -0.0612. The Bertz CT molecular complexity index is 229. The Hall–Kier alpha value is -0.570. The van der Waals surface area contributed by atoms with Crippen LogP contribution in [-0.4, -0.2) is 25.5 Å². The summed E-state index contributed by atoms with van der Waals surface area (Å²) in [6, 6.07) is 0. The molecule has 0 radical (unpaired) electrons. The van der Waals surface area contributed by atoms with Gasteiger partial charge in [0.1, 0.15) is 0 Å². The van der Waals surface area contributed by atoms with Crippen molar-refractivity contribution in [2.75, 3.05) is 19.6 Å². The Kier molecular flexibility index (Phi) is 2.77. The zero-order chi connectivity index (χ0) is 10.0. The molecule has 3 heteroatoms. The van der Waals surface area contributed by atoms with E-state index >= 15 is 0 Å². The predicted octanol–water partition coefficient (Wildman–Crippen LogP) is 0.902. The maximum Gasteiger partial charge on any atom is 0.227 e. The van der Waals surface area contributed by atoms with Gasteiger partial charge in [-0.05, 0) is 32.2 Å². The number of fused-ring (bicyclic) bond motifs is 1. The summed E-state index contributed by atoms with van der Waals surface area (Å²) in [7, 11) is 0. The van der Waals surface area contributed by atoms with Gasteiger partial charge >= 0.3 is 0 Å². The van der Waals surface area contributed by atoms with E-state index in [1.807, 2.05) is 6.92 Å². The highest BCUT2D eigenvalue weighted by Gasteiger charge is 2.49. The van der Waals surface area contributed by atoms with Crippen molar-refractivity contribution in [3.05, 3.63) is 0 Å². The van der Waals surface area contributed by atoms with Crippen LogP contribution in [0.25, 0.3) is 0 Å². The minimum Gasteiger partial charge on any atom is -0.356 e. The SMILES string of the molecule is CCNC(=O)[C@@]12CCCC[C@H]1CNC2. The van der Waals surface area contributed by atoms with Gasteiger partial charge in [-0.3, -0.25) is 4.79 Å². The van der Waals surface area contributed by atoms with Gasteiger partial charge in [0.25, 0.3) is 0 Å². The predicted molar refractivity (Wildman–Crippen MR) is 55.9 cm³/mol. The van der Waals surface area contributed by atoms with Crippen molar-refractivity contribution >= 4 is 5.91 Å². The summed E-state index contributed by atoms with van der Waals surface area (Å²) in [6.07, 6.45) is 4.82. The Morgan fingerprint density at radius 1 is 1.57 bits per heavy atom. The number of nitrogens with one attached hydrogen (secondary N) is 2. The summed E-state index contributed by atoms with van der Waals surface area (Å²) in [4.78, 5) is 12.1. The summed E-state index contributed by atoms with van der Waals surface area (Å²) < 4.78 is 0. The summed E-state index contributed by atoms with van der Waals surface area (Å²) in [6.45, 7) is 4.68. The van der Waals surface area contributed by atoms with Crippen LogP contribution in [0.1, 0.15) is 32.6 Å². The van der Waals surface area contributed by atoms with Crippen LogP contribution in [0.2, 0.25) is 0 Å². The van der Waals surface area contributed by atoms with Crippen molar-refractivity contribution in [1.29, 1.82) is 0 Å². The average Bonchev–Trinajstić information content (AvgIpc) is 2.62. The van der Waals surface area contributed by atoms with E-state index in [2.05, 4.69) is 10.6 Å². The normalized spacial score (nSPS) is 36.5.